The van der Waals surface area contributed by atoms with Gasteiger partial charge in [0.25, 0.3) is 0 Å². The molecule has 0 aliphatic heterocycles. The van der Waals surface area contributed by atoms with Gasteiger partial charge in [-0.05, 0) is 96.3 Å². The van der Waals surface area contributed by atoms with Crippen LogP contribution in [0.25, 0.3) is 0 Å². The maximum atomic E-state index is 12.9. The number of unbranched alkanes of at least 4 members (excludes halogenated alkanes) is 22. The van der Waals surface area contributed by atoms with Crippen LogP contribution in [0.2, 0.25) is 0 Å². The smallest absolute Gasteiger partial charge is 0.306 e. The summed E-state index contributed by atoms with van der Waals surface area (Å²) in [6.07, 6.45) is 75.8. The van der Waals surface area contributed by atoms with Crippen LogP contribution in [-0.4, -0.2) is 82.3 Å². The van der Waals surface area contributed by atoms with Gasteiger partial charge in [0.15, 0.2) is 12.4 Å². The average molecular weight is 1060 g/mol. The first kappa shape index (κ1) is 72.0. The Hall–Kier alpha value is -4.05. The molecule has 2 unspecified atom stereocenters. The highest BCUT2D eigenvalue weighted by Gasteiger charge is 2.22. The summed E-state index contributed by atoms with van der Waals surface area (Å²) < 4.78 is 22.7. The molecule has 9 heteroatoms. The maximum Gasteiger partial charge on any atom is 0.306 e. The number of aliphatic carboxylic acids is 1. The lowest BCUT2D eigenvalue weighted by molar-refractivity contribution is -0.870. The Morgan fingerprint density at radius 2 is 0.750 bits per heavy atom. The highest BCUT2D eigenvalue weighted by Crippen LogP contribution is 2.16. The van der Waals surface area contributed by atoms with Crippen molar-refractivity contribution in [3.8, 4) is 0 Å². The van der Waals surface area contributed by atoms with Crippen molar-refractivity contribution in [3.05, 3.63) is 109 Å². The maximum absolute atomic E-state index is 12.9. The Balaban J connectivity index is 4.10. The summed E-state index contributed by atoms with van der Waals surface area (Å²) >= 11 is 0. The van der Waals surface area contributed by atoms with Crippen LogP contribution in [0.1, 0.15) is 239 Å². The SMILES string of the molecule is CC/C=C\C/C=C\C/C=C\C/C=C\C/C=C\C/C=C\C/C=C\CCCCCCCCCCCCCCCCCC(=O)OC(COC(=O)CCCCCCC/C=C\C/C=C\CCCC)COC(OCC[N+](C)(C)C)C(=O)[O-]. The van der Waals surface area contributed by atoms with Gasteiger partial charge in [-0.3, -0.25) is 9.59 Å². The van der Waals surface area contributed by atoms with Gasteiger partial charge < -0.3 is 33.3 Å². The number of ether oxygens (including phenoxy) is 4. The minimum atomic E-state index is -1.63. The second-order valence-electron chi connectivity index (χ2n) is 21.3. The third kappa shape index (κ3) is 57.7. The Labute approximate surface area is 466 Å². The van der Waals surface area contributed by atoms with E-state index in [-0.39, 0.29) is 38.6 Å². The predicted octanol–water partition coefficient (Wildman–Crippen LogP) is 17.0. The first-order chi connectivity index (χ1) is 37.1. The molecule has 0 saturated heterocycles. The molecular weight excluding hydrogens is 947 g/mol. The van der Waals surface area contributed by atoms with E-state index in [0.717, 1.165) is 116 Å². The fourth-order valence-electron chi connectivity index (χ4n) is 8.06. The van der Waals surface area contributed by atoms with Crippen LogP contribution in [0.4, 0.5) is 0 Å². The fourth-order valence-corrected chi connectivity index (χ4v) is 8.06. The van der Waals surface area contributed by atoms with Crippen LogP contribution in [0.3, 0.4) is 0 Å². The quantitative estimate of drug-likeness (QED) is 0.0195. The zero-order valence-electron chi connectivity index (χ0n) is 49.3. The second kappa shape index (κ2) is 57.1. The number of esters is 2. The molecule has 0 aliphatic carbocycles. The van der Waals surface area contributed by atoms with E-state index in [1.807, 2.05) is 21.1 Å². The third-order valence-corrected chi connectivity index (χ3v) is 12.8. The highest BCUT2D eigenvalue weighted by molar-refractivity contribution is 5.70. The molecule has 0 saturated carbocycles. The van der Waals surface area contributed by atoms with Crippen molar-refractivity contribution in [2.75, 3.05) is 47.5 Å². The summed E-state index contributed by atoms with van der Waals surface area (Å²) in [5, 5.41) is 11.8. The number of carbonyl (C=O) groups excluding carboxylic acids is 3. The monoisotopic (exact) mass is 1060 g/mol. The van der Waals surface area contributed by atoms with E-state index < -0.39 is 24.3 Å². The van der Waals surface area contributed by atoms with Crippen molar-refractivity contribution in [1.29, 1.82) is 0 Å². The third-order valence-electron chi connectivity index (χ3n) is 12.8. The van der Waals surface area contributed by atoms with E-state index in [4.69, 9.17) is 18.9 Å². The van der Waals surface area contributed by atoms with E-state index in [1.165, 1.54) is 89.9 Å². The van der Waals surface area contributed by atoms with Gasteiger partial charge in [-0.25, -0.2) is 0 Å². The van der Waals surface area contributed by atoms with Crippen LogP contribution < -0.4 is 5.11 Å². The zero-order valence-corrected chi connectivity index (χ0v) is 49.3. The van der Waals surface area contributed by atoms with Gasteiger partial charge in [-0.15, -0.1) is 0 Å². The van der Waals surface area contributed by atoms with Crippen molar-refractivity contribution in [2.24, 2.45) is 0 Å². The molecule has 0 N–H and O–H groups in total. The normalized spacial score (nSPS) is 13.5. The Morgan fingerprint density at radius 3 is 1.12 bits per heavy atom. The summed E-state index contributed by atoms with van der Waals surface area (Å²) in [5.41, 5.74) is 0. The van der Waals surface area contributed by atoms with Crippen molar-refractivity contribution < 1.29 is 42.9 Å². The fraction of sp³-hybridized carbons (Fsp3) is 0.687. The molecule has 2 atom stereocenters. The van der Waals surface area contributed by atoms with E-state index >= 15 is 0 Å². The molecule has 0 bridgehead atoms. The van der Waals surface area contributed by atoms with Gasteiger partial charge >= 0.3 is 11.9 Å². The van der Waals surface area contributed by atoms with Crippen LogP contribution in [-0.2, 0) is 33.3 Å². The van der Waals surface area contributed by atoms with Gasteiger partial charge in [0.05, 0.1) is 40.3 Å². The number of hydrogen-bond donors (Lipinski definition) is 0. The zero-order chi connectivity index (χ0) is 55.5. The molecule has 76 heavy (non-hydrogen) atoms. The highest BCUT2D eigenvalue weighted by atomic mass is 16.7. The molecule has 0 rings (SSSR count). The van der Waals surface area contributed by atoms with Gasteiger partial charge in [-0.1, -0.05) is 239 Å². The van der Waals surface area contributed by atoms with Crippen molar-refractivity contribution >= 4 is 17.9 Å². The lowest BCUT2D eigenvalue weighted by atomic mass is 10.0. The molecule has 0 amide bonds. The van der Waals surface area contributed by atoms with Crippen molar-refractivity contribution in [3.63, 3.8) is 0 Å². The Bertz CT molecular complexity index is 1610. The molecule has 0 spiro atoms. The number of rotatable bonds is 55. The molecule has 0 aromatic carbocycles. The minimum Gasteiger partial charge on any atom is -0.545 e. The number of likely N-dealkylation sites (N-methyl/N-ethyl adjacent to an activating group) is 1. The number of quaternary nitrogens is 1. The average Bonchev–Trinajstić information content (AvgIpc) is 3.39. The van der Waals surface area contributed by atoms with E-state index in [9.17, 15) is 19.5 Å². The lowest BCUT2D eigenvalue weighted by Gasteiger charge is -2.26. The van der Waals surface area contributed by atoms with E-state index in [0.29, 0.717) is 17.4 Å². The van der Waals surface area contributed by atoms with Gasteiger partial charge in [0.2, 0.25) is 0 Å². The summed E-state index contributed by atoms with van der Waals surface area (Å²) in [5.74, 6) is -2.31. The van der Waals surface area contributed by atoms with Gasteiger partial charge in [0.1, 0.15) is 13.2 Å². The largest absolute Gasteiger partial charge is 0.545 e. The molecule has 0 aromatic rings. The van der Waals surface area contributed by atoms with Crippen LogP contribution >= 0.6 is 0 Å². The molecular formula is C67H113NO8. The molecule has 0 fully saturated rings. The first-order valence-corrected chi connectivity index (χ1v) is 30.5. The van der Waals surface area contributed by atoms with Crippen LogP contribution in [0.5, 0.6) is 0 Å². The second-order valence-corrected chi connectivity index (χ2v) is 21.3. The number of hydrogen-bond acceptors (Lipinski definition) is 8. The number of carbonyl (C=O) groups is 3. The Kier molecular flexibility index (Phi) is 54.1. The molecule has 0 aliphatic rings. The van der Waals surface area contributed by atoms with E-state index in [2.05, 4.69) is 123 Å². The molecule has 0 heterocycles. The lowest BCUT2D eigenvalue weighted by Crippen LogP contribution is -2.44. The molecule has 9 nitrogen and oxygen atoms in total. The van der Waals surface area contributed by atoms with E-state index in [1.54, 1.807) is 0 Å². The summed E-state index contributed by atoms with van der Waals surface area (Å²) in [4.78, 5) is 37.2. The predicted molar refractivity (Wildman–Crippen MR) is 320 cm³/mol. The van der Waals surface area contributed by atoms with Gasteiger partial charge in [-0.2, -0.15) is 0 Å². The van der Waals surface area contributed by atoms with Crippen LogP contribution in [0.15, 0.2) is 109 Å². The number of carboxylic acids is 1. The number of nitrogens with zero attached hydrogens (tertiary/aromatic N) is 1. The minimum absolute atomic E-state index is 0.142. The van der Waals surface area contributed by atoms with Crippen molar-refractivity contribution in [2.45, 2.75) is 251 Å². The van der Waals surface area contributed by atoms with Gasteiger partial charge in [0, 0.05) is 12.8 Å². The standard InChI is InChI=1S/C67H113NO8/c1-6-8-10-12-14-16-18-20-22-23-24-25-26-27-28-29-30-31-32-33-34-35-36-37-38-39-40-41-42-43-44-46-48-50-52-54-56-58-65(70)76-63(62-75-67(66(71)72)73-60-59-68(3,4)5)61-74-64(69)57-55-53-51-49-47-45-21-19-17-15-13-11-9-7-2/h8,10,13-16,19-22,24-25,27-28,30-31,33-34,63,67H,6-7,9,11-12,17-18,23,26,29,32,35-62H2,1-5H3/b10-8-,15-13-,16-14-,21-19-,22-20-,25-24-,28-27-,31-30-,34-33-. The first-order valence-electron chi connectivity index (χ1n) is 30.5. The number of allylic oxidation sites excluding steroid dienone is 18. The van der Waals surface area contributed by atoms with Crippen LogP contribution in [0, 0.1) is 0 Å². The molecule has 0 radical (unpaired) electrons. The molecule has 0 aromatic heterocycles. The summed E-state index contributed by atoms with van der Waals surface area (Å²) in [6.45, 7) is 4.57. The van der Waals surface area contributed by atoms with Crippen molar-refractivity contribution in [1.82, 2.24) is 0 Å². The summed E-state index contributed by atoms with van der Waals surface area (Å²) in [7, 11) is 5.91. The Morgan fingerprint density at radius 1 is 0.408 bits per heavy atom. The number of carboxylic acid groups (broad SMARTS) is 1. The summed E-state index contributed by atoms with van der Waals surface area (Å²) in [6, 6.07) is 0. The topological polar surface area (TPSA) is 111 Å². The molecule has 434 valence electrons.